The number of methoxy groups -OCH3 is 2. The molecule has 0 heterocycles. The normalized spacial score (nSPS) is 14.6. The molecule has 2 N–H and O–H groups in total. The Morgan fingerprint density at radius 3 is 2.59 bits per heavy atom. The van der Waals surface area contributed by atoms with Gasteiger partial charge in [0.25, 0.3) is 0 Å². The van der Waals surface area contributed by atoms with Crippen LogP contribution < -0.4 is 5.32 Å². The molecule has 17 heavy (non-hydrogen) atoms. The minimum Gasteiger partial charge on any atom is -0.387 e. The van der Waals surface area contributed by atoms with Gasteiger partial charge in [-0.05, 0) is 18.2 Å². The van der Waals surface area contributed by atoms with Gasteiger partial charge >= 0.3 is 0 Å². The highest BCUT2D eigenvalue weighted by Gasteiger charge is 2.13. The van der Waals surface area contributed by atoms with Gasteiger partial charge in [0.1, 0.15) is 6.10 Å². The van der Waals surface area contributed by atoms with Crippen LogP contribution in [-0.4, -0.2) is 39.5 Å². The van der Waals surface area contributed by atoms with Crippen molar-refractivity contribution < 1.29 is 14.6 Å². The number of ether oxygens (including phenoxy) is 2. The molecule has 0 aliphatic carbocycles. The molecule has 0 fully saturated rings. The van der Waals surface area contributed by atoms with Crippen molar-refractivity contribution in [1.82, 2.24) is 5.32 Å². The van der Waals surface area contributed by atoms with Crippen molar-refractivity contribution >= 4 is 0 Å². The molecule has 2 atom stereocenters. The van der Waals surface area contributed by atoms with E-state index in [0.717, 1.165) is 11.1 Å². The molecule has 1 rings (SSSR count). The van der Waals surface area contributed by atoms with Gasteiger partial charge in [-0.1, -0.05) is 24.3 Å². The highest BCUT2D eigenvalue weighted by Crippen LogP contribution is 2.21. The fourth-order valence-corrected chi connectivity index (χ4v) is 1.73. The van der Waals surface area contributed by atoms with E-state index in [1.54, 1.807) is 14.2 Å². The van der Waals surface area contributed by atoms with Crippen LogP contribution >= 0.6 is 0 Å². The Morgan fingerprint density at radius 1 is 1.29 bits per heavy atom. The van der Waals surface area contributed by atoms with Crippen LogP contribution in [0.3, 0.4) is 0 Å². The summed E-state index contributed by atoms with van der Waals surface area (Å²) in [6, 6.07) is 7.76. The van der Waals surface area contributed by atoms with E-state index < -0.39 is 6.10 Å². The van der Waals surface area contributed by atoms with Crippen molar-refractivity contribution in [1.29, 1.82) is 0 Å². The lowest BCUT2D eigenvalue weighted by atomic mass is 10.0. The maximum Gasteiger partial charge on any atom is 0.105 e. The molecule has 0 bridgehead atoms. The first-order valence-electron chi connectivity index (χ1n) is 5.67. The molecule has 0 aliphatic heterocycles. The maximum atomic E-state index is 9.89. The zero-order chi connectivity index (χ0) is 12.7. The van der Waals surface area contributed by atoms with E-state index in [1.165, 1.54) is 0 Å². The molecule has 0 aliphatic rings. The van der Waals surface area contributed by atoms with E-state index in [9.17, 15) is 5.11 Å². The van der Waals surface area contributed by atoms with Gasteiger partial charge in [0.15, 0.2) is 0 Å². The van der Waals surface area contributed by atoms with Gasteiger partial charge < -0.3 is 19.9 Å². The molecule has 2 unspecified atom stereocenters. The number of aliphatic hydroxyl groups excluding tert-OH is 1. The first-order chi connectivity index (χ1) is 8.22. The highest BCUT2D eigenvalue weighted by atomic mass is 16.5. The van der Waals surface area contributed by atoms with Crippen LogP contribution in [0.25, 0.3) is 0 Å². The van der Waals surface area contributed by atoms with Crippen molar-refractivity contribution in [2.24, 2.45) is 0 Å². The molecule has 1 aromatic rings. The first kappa shape index (κ1) is 14.1. The third kappa shape index (κ3) is 4.09. The molecule has 96 valence electrons. The van der Waals surface area contributed by atoms with Crippen LogP contribution in [0, 0.1) is 0 Å². The monoisotopic (exact) mass is 239 g/mol. The number of nitrogens with one attached hydrogen (secondary N) is 1. The predicted molar refractivity (Wildman–Crippen MR) is 67.0 cm³/mol. The average Bonchev–Trinajstić information content (AvgIpc) is 2.36. The zero-order valence-corrected chi connectivity index (χ0v) is 10.6. The predicted octanol–water partition coefficient (Wildman–Crippen LogP) is 1.27. The minimum absolute atomic E-state index is 0.0956. The van der Waals surface area contributed by atoms with Crippen LogP contribution in [0.4, 0.5) is 0 Å². The van der Waals surface area contributed by atoms with Crippen LogP contribution in [0.2, 0.25) is 0 Å². The maximum absolute atomic E-state index is 9.89. The topological polar surface area (TPSA) is 50.7 Å². The summed E-state index contributed by atoms with van der Waals surface area (Å²) >= 11 is 0. The van der Waals surface area contributed by atoms with Crippen LogP contribution in [0.15, 0.2) is 24.3 Å². The molecule has 0 saturated carbocycles. The van der Waals surface area contributed by atoms with Gasteiger partial charge in [-0.15, -0.1) is 0 Å². The standard InChI is InChI=1S/C13H21NO3/c1-14-8-12(15)10-5-4-6-11(7-10)13(17-3)9-16-2/h4-7,12-15H,8-9H2,1-3H3. The average molecular weight is 239 g/mol. The van der Waals surface area contributed by atoms with Gasteiger partial charge in [-0.25, -0.2) is 0 Å². The molecule has 4 nitrogen and oxygen atoms in total. The van der Waals surface area contributed by atoms with Crippen molar-refractivity contribution in [3.05, 3.63) is 35.4 Å². The van der Waals surface area contributed by atoms with E-state index in [1.807, 2.05) is 31.3 Å². The zero-order valence-electron chi connectivity index (χ0n) is 10.6. The van der Waals surface area contributed by atoms with Crippen LogP contribution in [0.5, 0.6) is 0 Å². The molecule has 1 aromatic carbocycles. The van der Waals surface area contributed by atoms with Crippen molar-refractivity contribution in [3.63, 3.8) is 0 Å². The van der Waals surface area contributed by atoms with Gasteiger partial charge in [-0.3, -0.25) is 0 Å². The lowest BCUT2D eigenvalue weighted by molar-refractivity contribution is 0.0273. The Bertz CT molecular complexity index is 330. The third-order valence-electron chi connectivity index (χ3n) is 2.67. The Balaban J connectivity index is 2.83. The summed E-state index contributed by atoms with van der Waals surface area (Å²) in [5.41, 5.74) is 1.90. The van der Waals surface area contributed by atoms with E-state index in [2.05, 4.69) is 5.32 Å². The van der Waals surface area contributed by atoms with Crippen molar-refractivity contribution in [3.8, 4) is 0 Å². The summed E-state index contributed by atoms with van der Waals surface area (Å²) in [7, 11) is 5.11. The van der Waals surface area contributed by atoms with Gasteiger partial charge in [0.2, 0.25) is 0 Å². The lowest BCUT2D eigenvalue weighted by Gasteiger charge is -2.17. The number of rotatable bonds is 7. The second kappa shape index (κ2) is 7.40. The van der Waals surface area contributed by atoms with Crippen molar-refractivity contribution in [2.75, 3.05) is 34.4 Å². The van der Waals surface area contributed by atoms with Crippen molar-refractivity contribution in [2.45, 2.75) is 12.2 Å². The first-order valence-corrected chi connectivity index (χ1v) is 5.67. The fraction of sp³-hybridized carbons (Fsp3) is 0.538. The second-order valence-electron chi connectivity index (χ2n) is 3.92. The van der Waals surface area contributed by atoms with Crippen LogP contribution in [0.1, 0.15) is 23.3 Å². The lowest BCUT2D eigenvalue weighted by Crippen LogP contribution is -2.17. The summed E-state index contributed by atoms with van der Waals surface area (Å²) in [6.45, 7) is 1.04. The highest BCUT2D eigenvalue weighted by molar-refractivity contribution is 5.27. The molecular formula is C13H21NO3. The number of hydrogen-bond donors (Lipinski definition) is 2. The molecule has 4 heteroatoms. The fourth-order valence-electron chi connectivity index (χ4n) is 1.73. The van der Waals surface area contributed by atoms with Gasteiger partial charge in [0, 0.05) is 20.8 Å². The third-order valence-corrected chi connectivity index (χ3v) is 2.67. The molecule has 0 amide bonds. The summed E-state index contributed by atoms with van der Waals surface area (Å²) < 4.78 is 10.4. The molecule has 0 spiro atoms. The van der Waals surface area contributed by atoms with Gasteiger partial charge in [0.05, 0.1) is 12.7 Å². The SMILES string of the molecule is CNCC(O)c1cccc(C(COC)OC)c1. The number of hydrogen-bond acceptors (Lipinski definition) is 4. The summed E-state index contributed by atoms with van der Waals surface area (Å²) in [5.74, 6) is 0. The quantitative estimate of drug-likeness (QED) is 0.752. The smallest absolute Gasteiger partial charge is 0.105 e. The molecule has 0 aromatic heterocycles. The summed E-state index contributed by atoms with van der Waals surface area (Å²) in [4.78, 5) is 0. The molecular weight excluding hydrogens is 218 g/mol. The van der Waals surface area contributed by atoms with E-state index >= 15 is 0 Å². The van der Waals surface area contributed by atoms with Gasteiger partial charge in [-0.2, -0.15) is 0 Å². The number of likely N-dealkylation sites (N-methyl/N-ethyl adjacent to an activating group) is 1. The van der Waals surface area contributed by atoms with E-state index in [4.69, 9.17) is 9.47 Å². The number of aliphatic hydroxyl groups is 1. The summed E-state index contributed by atoms with van der Waals surface area (Å²) in [6.07, 6.45) is -0.596. The molecule has 0 radical (unpaired) electrons. The Labute approximate surface area is 103 Å². The number of benzene rings is 1. The largest absolute Gasteiger partial charge is 0.387 e. The van der Waals surface area contributed by atoms with Crippen LogP contribution in [-0.2, 0) is 9.47 Å². The Hall–Kier alpha value is -0.940. The Kier molecular flexibility index (Phi) is 6.15. The van der Waals surface area contributed by atoms with E-state index in [-0.39, 0.29) is 6.10 Å². The van der Waals surface area contributed by atoms with E-state index in [0.29, 0.717) is 13.2 Å². The summed E-state index contributed by atoms with van der Waals surface area (Å²) in [5, 5.41) is 12.8. The second-order valence-corrected chi connectivity index (χ2v) is 3.92. The Morgan fingerprint density at radius 2 is 2.00 bits per heavy atom. The molecule has 0 saturated heterocycles. The minimum atomic E-state index is -0.500.